The number of halogens is 2. The molecule has 0 saturated heterocycles. The molecule has 116 valence electrons. The van der Waals surface area contributed by atoms with Crippen LogP contribution in [0.5, 0.6) is 0 Å². The van der Waals surface area contributed by atoms with Crippen molar-refractivity contribution < 1.29 is 8.42 Å². The van der Waals surface area contributed by atoms with Gasteiger partial charge in [-0.2, -0.15) is 18.4 Å². The lowest BCUT2D eigenvalue weighted by Gasteiger charge is -2.08. The number of hydrazone groups is 1. The molecule has 2 aromatic rings. The second kappa shape index (κ2) is 7.13. The van der Waals surface area contributed by atoms with Gasteiger partial charge in [-0.25, -0.2) is 0 Å². The van der Waals surface area contributed by atoms with Crippen molar-refractivity contribution in [3.63, 3.8) is 0 Å². The van der Waals surface area contributed by atoms with Crippen LogP contribution in [0.15, 0.2) is 58.5 Å². The molecule has 2 aromatic carbocycles. The molecule has 0 unspecified atom stereocenters. The highest BCUT2D eigenvalue weighted by Gasteiger charge is 2.13. The molecule has 0 spiro atoms. The molecule has 22 heavy (non-hydrogen) atoms. The van der Waals surface area contributed by atoms with Gasteiger partial charge in [0.25, 0.3) is 10.0 Å². The predicted molar refractivity (Wildman–Crippen MR) is 90.1 cm³/mol. The third-order valence-electron chi connectivity index (χ3n) is 2.93. The number of rotatable bonds is 5. The summed E-state index contributed by atoms with van der Waals surface area (Å²) in [7, 11) is -3.70. The fraction of sp³-hybridized carbons (Fsp3) is 0.133. The maximum atomic E-state index is 12.2. The zero-order chi connectivity index (χ0) is 16.2. The number of hydrogen-bond acceptors (Lipinski definition) is 3. The van der Waals surface area contributed by atoms with Crippen LogP contribution in [0.1, 0.15) is 18.9 Å². The first-order chi connectivity index (χ1) is 10.4. The van der Waals surface area contributed by atoms with Gasteiger partial charge in [0.2, 0.25) is 0 Å². The van der Waals surface area contributed by atoms with Crippen LogP contribution in [0.25, 0.3) is 0 Å². The number of hydrogen-bond donors (Lipinski definition) is 1. The molecular weight excluding hydrogens is 343 g/mol. The molecule has 0 fully saturated rings. The monoisotopic (exact) mass is 356 g/mol. The average molecular weight is 357 g/mol. The average Bonchev–Trinajstić information content (AvgIpc) is 2.50. The van der Waals surface area contributed by atoms with Crippen LogP contribution in [0, 0.1) is 0 Å². The van der Waals surface area contributed by atoms with Gasteiger partial charge in [0, 0.05) is 10.6 Å². The minimum absolute atomic E-state index is 0.149. The molecule has 0 radical (unpaired) electrons. The summed E-state index contributed by atoms with van der Waals surface area (Å²) >= 11 is 12.0. The van der Waals surface area contributed by atoms with E-state index in [9.17, 15) is 8.42 Å². The first-order valence-electron chi connectivity index (χ1n) is 6.53. The summed E-state index contributed by atoms with van der Waals surface area (Å²) in [5.74, 6) is 0. The van der Waals surface area contributed by atoms with Gasteiger partial charge in [-0.05, 0) is 30.7 Å². The highest BCUT2D eigenvalue weighted by Crippen LogP contribution is 2.22. The van der Waals surface area contributed by atoms with Crippen molar-refractivity contribution in [2.75, 3.05) is 0 Å². The normalized spacial score (nSPS) is 12.2. The summed E-state index contributed by atoms with van der Waals surface area (Å²) in [4.78, 5) is 2.38. The van der Waals surface area contributed by atoms with Crippen LogP contribution in [0.4, 0.5) is 0 Å². The Hall–Kier alpha value is -1.56. The predicted octanol–water partition coefficient (Wildman–Crippen LogP) is 4.09. The van der Waals surface area contributed by atoms with Crippen molar-refractivity contribution in [2.24, 2.45) is 5.10 Å². The van der Waals surface area contributed by atoms with Gasteiger partial charge in [-0.3, -0.25) is 0 Å². The SMILES string of the molecule is CC/C(=N\NS(=O)(=O)c1ccccc1)c1ccc(Cl)cc1Cl. The lowest BCUT2D eigenvalue weighted by atomic mass is 10.1. The van der Waals surface area contributed by atoms with E-state index in [1.165, 1.54) is 12.1 Å². The van der Waals surface area contributed by atoms with Crippen LogP contribution in [0.3, 0.4) is 0 Å². The van der Waals surface area contributed by atoms with E-state index in [0.29, 0.717) is 27.7 Å². The Labute approximate surface area is 139 Å². The number of sulfonamides is 1. The molecular formula is C15H14Cl2N2O2S. The lowest BCUT2D eigenvalue weighted by Crippen LogP contribution is -2.20. The summed E-state index contributed by atoms with van der Waals surface area (Å²) in [6.45, 7) is 1.86. The second-order valence-electron chi connectivity index (χ2n) is 4.44. The van der Waals surface area contributed by atoms with Gasteiger partial charge in [0.1, 0.15) is 0 Å². The van der Waals surface area contributed by atoms with E-state index in [2.05, 4.69) is 9.93 Å². The molecule has 0 heterocycles. The molecule has 7 heteroatoms. The molecule has 0 bridgehead atoms. The highest BCUT2D eigenvalue weighted by atomic mass is 35.5. The quantitative estimate of drug-likeness (QED) is 0.647. The minimum Gasteiger partial charge on any atom is -0.200 e. The molecule has 0 aromatic heterocycles. The number of nitrogens with zero attached hydrogens (tertiary/aromatic N) is 1. The minimum atomic E-state index is -3.70. The fourth-order valence-electron chi connectivity index (χ4n) is 1.82. The molecule has 1 N–H and O–H groups in total. The summed E-state index contributed by atoms with van der Waals surface area (Å²) in [5, 5.41) is 4.93. The van der Waals surface area contributed by atoms with Crippen molar-refractivity contribution in [1.29, 1.82) is 0 Å². The maximum absolute atomic E-state index is 12.2. The van der Waals surface area contributed by atoms with Gasteiger partial charge in [0.15, 0.2) is 0 Å². The second-order valence-corrected chi connectivity index (χ2v) is 6.95. The topological polar surface area (TPSA) is 58.5 Å². The van der Waals surface area contributed by atoms with Gasteiger partial charge in [-0.1, -0.05) is 54.4 Å². The fourth-order valence-corrected chi connectivity index (χ4v) is 3.19. The molecule has 0 atom stereocenters. The highest BCUT2D eigenvalue weighted by molar-refractivity contribution is 7.89. The van der Waals surface area contributed by atoms with Crippen molar-refractivity contribution in [2.45, 2.75) is 18.2 Å². The first kappa shape index (κ1) is 16.8. The van der Waals surface area contributed by atoms with E-state index in [0.717, 1.165) is 0 Å². The van der Waals surface area contributed by atoms with E-state index in [1.807, 2.05) is 6.92 Å². The molecule has 2 rings (SSSR count). The summed E-state index contributed by atoms with van der Waals surface area (Å²) < 4.78 is 24.3. The van der Waals surface area contributed by atoms with Gasteiger partial charge in [-0.15, -0.1) is 0 Å². The van der Waals surface area contributed by atoms with Crippen molar-refractivity contribution >= 4 is 38.9 Å². The van der Waals surface area contributed by atoms with Crippen LogP contribution < -0.4 is 4.83 Å². The van der Waals surface area contributed by atoms with Crippen molar-refractivity contribution in [3.05, 3.63) is 64.1 Å². The van der Waals surface area contributed by atoms with Gasteiger partial charge in [0.05, 0.1) is 15.6 Å². The van der Waals surface area contributed by atoms with E-state index >= 15 is 0 Å². The van der Waals surface area contributed by atoms with Crippen LogP contribution in [-0.4, -0.2) is 14.1 Å². The summed E-state index contributed by atoms with van der Waals surface area (Å²) in [6.07, 6.45) is 0.513. The molecule has 0 aliphatic heterocycles. The zero-order valence-corrected chi connectivity index (χ0v) is 14.1. The Morgan fingerprint density at radius 3 is 2.41 bits per heavy atom. The van der Waals surface area contributed by atoms with Crippen molar-refractivity contribution in [1.82, 2.24) is 4.83 Å². The van der Waals surface area contributed by atoms with E-state index in [4.69, 9.17) is 23.2 Å². The first-order valence-corrected chi connectivity index (χ1v) is 8.77. The molecule has 0 amide bonds. The summed E-state index contributed by atoms with van der Waals surface area (Å²) in [6, 6.07) is 13.0. The molecule has 0 aliphatic rings. The molecule has 0 saturated carbocycles. The van der Waals surface area contributed by atoms with Gasteiger partial charge < -0.3 is 0 Å². The van der Waals surface area contributed by atoms with E-state index < -0.39 is 10.0 Å². The largest absolute Gasteiger partial charge is 0.276 e. The van der Waals surface area contributed by atoms with E-state index in [-0.39, 0.29) is 4.90 Å². The van der Waals surface area contributed by atoms with Crippen molar-refractivity contribution in [3.8, 4) is 0 Å². The van der Waals surface area contributed by atoms with Crippen LogP contribution in [0.2, 0.25) is 10.0 Å². The Kier molecular flexibility index (Phi) is 5.45. The Balaban J connectivity index is 2.30. The maximum Gasteiger partial charge on any atom is 0.276 e. The number of nitrogens with one attached hydrogen (secondary N) is 1. The van der Waals surface area contributed by atoms with Crippen LogP contribution >= 0.6 is 23.2 Å². The molecule has 0 aliphatic carbocycles. The third-order valence-corrected chi connectivity index (χ3v) is 4.70. The lowest BCUT2D eigenvalue weighted by molar-refractivity contribution is 0.584. The number of benzene rings is 2. The van der Waals surface area contributed by atoms with E-state index in [1.54, 1.807) is 36.4 Å². The Bertz CT molecular complexity index is 790. The standard InChI is InChI=1S/C15H14Cl2N2O2S/c1-2-15(13-9-8-11(16)10-14(13)17)18-19-22(20,21)12-6-4-3-5-7-12/h3-10,19H,2H2,1H3/b18-15+. The smallest absolute Gasteiger partial charge is 0.200 e. The van der Waals surface area contributed by atoms with Crippen LogP contribution in [-0.2, 0) is 10.0 Å². The molecule has 4 nitrogen and oxygen atoms in total. The Morgan fingerprint density at radius 2 is 1.82 bits per heavy atom. The third kappa shape index (κ3) is 4.00. The summed E-state index contributed by atoms with van der Waals surface area (Å²) in [5.41, 5.74) is 1.17. The van der Waals surface area contributed by atoms with Gasteiger partial charge >= 0.3 is 0 Å². The Morgan fingerprint density at radius 1 is 1.14 bits per heavy atom. The zero-order valence-electron chi connectivity index (χ0n) is 11.8.